The number of aromatic carboxylic acids is 1. The highest BCUT2D eigenvalue weighted by Gasteiger charge is 2.20. The van der Waals surface area contributed by atoms with Crippen LogP contribution in [0.1, 0.15) is 29.0 Å². The normalized spacial score (nSPS) is 11.7. The Kier molecular flexibility index (Phi) is 4.07. The van der Waals surface area contributed by atoms with Crippen LogP contribution >= 0.6 is 0 Å². The fraction of sp³-hybridized carbons (Fsp3) is 0.154. The molecule has 8 heteroatoms. The van der Waals surface area contributed by atoms with Crippen molar-refractivity contribution in [2.45, 2.75) is 13.0 Å². The summed E-state index contributed by atoms with van der Waals surface area (Å²) in [4.78, 5) is 29.0. The zero-order valence-electron chi connectivity index (χ0n) is 11.1. The number of pyridine rings is 2. The molecule has 0 fully saturated rings. The minimum absolute atomic E-state index is 0.0794. The number of anilines is 1. The lowest BCUT2D eigenvalue weighted by Crippen LogP contribution is -2.12. The number of nitro groups is 1. The summed E-state index contributed by atoms with van der Waals surface area (Å²) >= 11 is 0. The smallest absolute Gasteiger partial charge is 0.354 e. The molecule has 108 valence electrons. The summed E-state index contributed by atoms with van der Waals surface area (Å²) in [5.41, 5.74) is 0.313. The minimum Gasteiger partial charge on any atom is -0.477 e. The van der Waals surface area contributed by atoms with Crippen LogP contribution in [-0.4, -0.2) is 26.0 Å². The zero-order valence-corrected chi connectivity index (χ0v) is 11.1. The molecule has 1 unspecified atom stereocenters. The largest absolute Gasteiger partial charge is 0.477 e. The highest BCUT2D eigenvalue weighted by molar-refractivity contribution is 5.86. The van der Waals surface area contributed by atoms with Gasteiger partial charge in [0.1, 0.15) is 0 Å². The molecule has 0 saturated heterocycles. The molecular formula is C13H12N4O4. The van der Waals surface area contributed by atoms with Crippen LogP contribution in [0.25, 0.3) is 0 Å². The summed E-state index contributed by atoms with van der Waals surface area (Å²) in [5.74, 6) is -1.33. The fourth-order valence-electron chi connectivity index (χ4n) is 1.76. The van der Waals surface area contributed by atoms with E-state index >= 15 is 0 Å². The first-order valence-corrected chi connectivity index (χ1v) is 6.04. The second-order valence-electron chi connectivity index (χ2n) is 4.27. The van der Waals surface area contributed by atoms with Crippen LogP contribution in [-0.2, 0) is 0 Å². The summed E-state index contributed by atoms with van der Waals surface area (Å²) in [6, 6.07) is 5.44. The SMILES string of the molecule is CC(Nc1nc(C(=O)O)ccc1[N+](=O)[O-])c1ccncc1. The molecule has 1 atom stereocenters. The molecule has 8 nitrogen and oxygen atoms in total. The van der Waals surface area contributed by atoms with Crippen molar-refractivity contribution in [2.24, 2.45) is 0 Å². The molecule has 2 N–H and O–H groups in total. The Hall–Kier alpha value is -3.03. The molecular weight excluding hydrogens is 276 g/mol. The van der Waals surface area contributed by atoms with E-state index in [1.165, 1.54) is 0 Å². The van der Waals surface area contributed by atoms with E-state index in [2.05, 4.69) is 15.3 Å². The van der Waals surface area contributed by atoms with Crippen LogP contribution in [0, 0.1) is 10.1 Å². The van der Waals surface area contributed by atoms with Crippen LogP contribution in [0.2, 0.25) is 0 Å². The van der Waals surface area contributed by atoms with Gasteiger partial charge in [-0.2, -0.15) is 0 Å². The van der Waals surface area contributed by atoms with Crippen molar-refractivity contribution < 1.29 is 14.8 Å². The van der Waals surface area contributed by atoms with E-state index < -0.39 is 10.9 Å². The molecule has 0 aliphatic carbocycles. The molecule has 0 spiro atoms. The molecule has 0 bridgehead atoms. The second kappa shape index (κ2) is 5.95. The molecule has 2 rings (SSSR count). The predicted octanol–water partition coefficient (Wildman–Crippen LogP) is 2.26. The van der Waals surface area contributed by atoms with Crippen molar-refractivity contribution >= 4 is 17.5 Å². The molecule has 2 aromatic heterocycles. The van der Waals surface area contributed by atoms with E-state index in [4.69, 9.17) is 5.11 Å². The van der Waals surface area contributed by atoms with Crippen LogP contribution in [0.3, 0.4) is 0 Å². The number of hydrogen-bond acceptors (Lipinski definition) is 6. The molecule has 0 radical (unpaired) electrons. The maximum Gasteiger partial charge on any atom is 0.354 e. The van der Waals surface area contributed by atoms with Gasteiger partial charge in [0.25, 0.3) is 0 Å². The van der Waals surface area contributed by atoms with Crippen LogP contribution in [0.15, 0.2) is 36.7 Å². The first-order valence-electron chi connectivity index (χ1n) is 6.04. The fourth-order valence-corrected chi connectivity index (χ4v) is 1.76. The highest BCUT2D eigenvalue weighted by Crippen LogP contribution is 2.26. The van der Waals surface area contributed by atoms with Gasteiger partial charge in [0.15, 0.2) is 5.69 Å². The van der Waals surface area contributed by atoms with Gasteiger partial charge in [0.05, 0.1) is 11.0 Å². The van der Waals surface area contributed by atoms with E-state index in [0.29, 0.717) is 0 Å². The van der Waals surface area contributed by atoms with E-state index in [1.807, 2.05) is 0 Å². The lowest BCUT2D eigenvalue weighted by atomic mass is 10.1. The Morgan fingerprint density at radius 3 is 2.57 bits per heavy atom. The number of carboxylic acids is 1. The van der Waals surface area contributed by atoms with Gasteiger partial charge in [0.2, 0.25) is 5.82 Å². The van der Waals surface area contributed by atoms with Gasteiger partial charge in [-0.3, -0.25) is 15.1 Å². The Labute approximate surface area is 119 Å². The van der Waals surface area contributed by atoms with Crippen molar-refractivity contribution in [2.75, 3.05) is 5.32 Å². The van der Waals surface area contributed by atoms with Crippen LogP contribution < -0.4 is 5.32 Å². The average molecular weight is 288 g/mol. The first-order chi connectivity index (χ1) is 9.99. The quantitative estimate of drug-likeness (QED) is 0.639. The Morgan fingerprint density at radius 1 is 1.33 bits per heavy atom. The van der Waals surface area contributed by atoms with Gasteiger partial charge in [-0.25, -0.2) is 9.78 Å². The summed E-state index contributed by atoms with van der Waals surface area (Å²) in [6.07, 6.45) is 3.20. The second-order valence-corrected chi connectivity index (χ2v) is 4.27. The van der Waals surface area contributed by atoms with Crippen LogP contribution in [0.4, 0.5) is 11.5 Å². The number of hydrogen-bond donors (Lipinski definition) is 2. The van der Waals surface area contributed by atoms with Crippen molar-refractivity contribution in [1.29, 1.82) is 0 Å². The lowest BCUT2D eigenvalue weighted by molar-refractivity contribution is -0.384. The Morgan fingerprint density at radius 2 is 2.00 bits per heavy atom. The number of nitrogens with one attached hydrogen (secondary N) is 1. The molecule has 0 aliphatic heterocycles. The van der Waals surface area contributed by atoms with Gasteiger partial charge in [-0.15, -0.1) is 0 Å². The third-order valence-corrected chi connectivity index (χ3v) is 2.85. The Balaban J connectivity index is 2.35. The lowest BCUT2D eigenvalue weighted by Gasteiger charge is -2.14. The number of aromatic nitrogens is 2. The average Bonchev–Trinajstić information content (AvgIpc) is 2.47. The number of rotatable bonds is 5. The summed E-state index contributed by atoms with van der Waals surface area (Å²) in [6.45, 7) is 1.79. The number of carboxylic acid groups (broad SMARTS) is 1. The molecule has 0 aromatic carbocycles. The van der Waals surface area contributed by atoms with E-state index in [9.17, 15) is 14.9 Å². The maximum atomic E-state index is 11.0. The van der Waals surface area contributed by atoms with Gasteiger partial charge in [0, 0.05) is 18.5 Å². The maximum absolute atomic E-state index is 11.0. The van der Waals surface area contributed by atoms with Gasteiger partial charge in [-0.1, -0.05) is 0 Å². The highest BCUT2D eigenvalue weighted by atomic mass is 16.6. The monoisotopic (exact) mass is 288 g/mol. The topological polar surface area (TPSA) is 118 Å². The summed E-state index contributed by atoms with van der Waals surface area (Å²) < 4.78 is 0. The summed E-state index contributed by atoms with van der Waals surface area (Å²) in [7, 11) is 0. The predicted molar refractivity (Wildman–Crippen MR) is 74.1 cm³/mol. The van der Waals surface area contributed by atoms with Crippen molar-refractivity contribution in [3.8, 4) is 0 Å². The third-order valence-electron chi connectivity index (χ3n) is 2.85. The molecule has 0 amide bonds. The van der Waals surface area contributed by atoms with Crippen molar-refractivity contribution in [1.82, 2.24) is 9.97 Å². The van der Waals surface area contributed by atoms with Crippen molar-refractivity contribution in [3.63, 3.8) is 0 Å². The van der Waals surface area contributed by atoms with Gasteiger partial charge in [-0.05, 0) is 30.7 Å². The number of nitrogens with zero attached hydrogens (tertiary/aromatic N) is 3. The molecule has 0 aliphatic rings. The Bertz CT molecular complexity index is 675. The van der Waals surface area contributed by atoms with E-state index in [-0.39, 0.29) is 23.2 Å². The first kappa shape index (κ1) is 14.4. The minimum atomic E-state index is -1.25. The molecule has 2 heterocycles. The third kappa shape index (κ3) is 3.30. The molecule has 2 aromatic rings. The van der Waals surface area contributed by atoms with Gasteiger partial charge < -0.3 is 10.4 Å². The number of carbonyl (C=O) groups is 1. The summed E-state index contributed by atoms with van der Waals surface area (Å²) in [5, 5.41) is 22.8. The molecule has 21 heavy (non-hydrogen) atoms. The van der Waals surface area contributed by atoms with E-state index in [0.717, 1.165) is 17.7 Å². The standard InChI is InChI=1S/C13H12N4O4/c1-8(9-4-6-14-7-5-9)15-12-11(17(20)21)3-2-10(16-12)13(18)19/h2-8H,1H3,(H,15,16)(H,18,19). The van der Waals surface area contributed by atoms with Crippen molar-refractivity contribution in [3.05, 3.63) is 58.0 Å². The zero-order chi connectivity index (χ0) is 15.4. The molecule has 0 saturated carbocycles. The van der Waals surface area contributed by atoms with Gasteiger partial charge >= 0.3 is 11.7 Å². The van der Waals surface area contributed by atoms with E-state index in [1.54, 1.807) is 31.5 Å². The van der Waals surface area contributed by atoms with Crippen LogP contribution in [0.5, 0.6) is 0 Å².